The standard InChI is InChI=1S/C13H11FN2O4S/c14-12-10-4-2-1-3-8(10)5-11(18)13(12)16-6-9(7-17)15-21(16,19)20/h1-5,7,9,15,18H,6H2. The van der Waals surface area contributed by atoms with Crippen molar-refractivity contribution in [3.63, 3.8) is 0 Å². The first-order valence-corrected chi connectivity index (χ1v) is 7.53. The molecule has 8 heteroatoms. The maximum absolute atomic E-state index is 14.6. The van der Waals surface area contributed by atoms with Crippen LogP contribution in [0.2, 0.25) is 0 Å². The van der Waals surface area contributed by atoms with E-state index in [2.05, 4.69) is 4.72 Å². The van der Waals surface area contributed by atoms with Gasteiger partial charge in [0, 0.05) is 5.39 Å². The van der Waals surface area contributed by atoms with Gasteiger partial charge in [0.1, 0.15) is 17.7 Å². The van der Waals surface area contributed by atoms with Crippen molar-refractivity contribution in [2.24, 2.45) is 0 Å². The predicted octanol–water partition coefficient (Wildman–Crippen LogP) is 0.906. The number of nitrogens with zero attached hydrogens (tertiary/aromatic N) is 1. The lowest BCUT2D eigenvalue weighted by Gasteiger charge is -2.19. The molecule has 1 atom stereocenters. The fourth-order valence-electron chi connectivity index (χ4n) is 2.37. The Morgan fingerprint density at radius 2 is 2.10 bits per heavy atom. The molecule has 0 aromatic heterocycles. The third kappa shape index (κ3) is 2.12. The second kappa shape index (κ2) is 4.68. The highest BCUT2D eigenvalue weighted by atomic mass is 32.2. The number of hydrogen-bond donors (Lipinski definition) is 2. The Kier molecular flexibility index (Phi) is 3.07. The minimum atomic E-state index is -4.06. The smallest absolute Gasteiger partial charge is 0.302 e. The average molecular weight is 310 g/mol. The third-order valence-corrected chi connectivity index (χ3v) is 4.82. The Morgan fingerprint density at radius 3 is 2.76 bits per heavy atom. The molecule has 2 aromatic carbocycles. The van der Waals surface area contributed by atoms with Crippen LogP contribution in [0.1, 0.15) is 0 Å². The Balaban J connectivity index is 2.23. The van der Waals surface area contributed by atoms with E-state index in [4.69, 9.17) is 0 Å². The van der Waals surface area contributed by atoms with Crippen molar-refractivity contribution in [3.05, 3.63) is 36.1 Å². The molecule has 0 amide bonds. The van der Waals surface area contributed by atoms with Crippen LogP contribution in [0.4, 0.5) is 10.1 Å². The van der Waals surface area contributed by atoms with Crippen LogP contribution in [-0.2, 0) is 15.0 Å². The number of carbonyl (C=O) groups excluding carboxylic acids is 1. The molecule has 2 aromatic rings. The number of aldehydes is 1. The molecule has 2 N–H and O–H groups in total. The number of aromatic hydroxyl groups is 1. The van der Waals surface area contributed by atoms with E-state index in [-0.39, 0.29) is 11.9 Å². The summed E-state index contributed by atoms with van der Waals surface area (Å²) in [5, 5.41) is 10.6. The molecule has 6 nitrogen and oxygen atoms in total. The first-order chi connectivity index (χ1) is 9.94. The Morgan fingerprint density at radius 1 is 1.38 bits per heavy atom. The topological polar surface area (TPSA) is 86.7 Å². The quantitative estimate of drug-likeness (QED) is 0.807. The predicted molar refractivity (Wildman–Crippen MR) is 74.8 cm³/mol. The zero-order valence-electron chi connectivity index (χ0n) is 10.7. The maximum Gasteiger partial charge on any atom is 0.302 e. The summed E-state index contributed by atoms with van der Waals surface area (Å²) in [4.78, 5) is 10.7. The van der Waals surface area contributed by atoms with Gasteiger partial charge in [-0.15, -0.1) is 0 Å². The summed E-state index contributed by atoms with van der Waals surface area (Å²) in [6.07, 6.45) is 0.424. The van der Waals surface area contributed by atoms with Crippen molar-refractivity contribution in [2.75, 3.05) is 10.8 Å². The van der Waals surface area contributed by atoms with Gasteiger partial charge in [0.15, 0.2) is 5.82 Å². The summed E-state index contributed by atoms with van der Waals surface area (Å²) in [6.45, 7) is -0.269. The van der Waals surface area contributed by atoms with Gasteiger partial charge in [0.2, 0.25) is 0 Å². The van der Waals surface area contributed by atoms with Gasteiger partial charge in [-0.2, -0.15) is 13.1 Å². The van der Waals surface area contributed by atoms with Crippen LogP contribution in [-0.4, -0.2) is 32.4 Å². The second-order valence-corrected chi connectivity index (χ2v) is 6.30. The number of hydrogen-bond acceptors (Lipinski definition) is 4. The zero-order chi connectivity index (χ0) is 15.2. The number of nitrogens with one attached hydrogen (secondary N) is 1. The Bertz CT molecular complexity index is 837. The molecule has 21 heavy (non-hydrogen) atoms. The van der Waals surface area contributed by atoms with Crippen molar-refractivity contribution in [3.8, 4) is 5.75 Å². The van der Waals surface area contributed by atoms with Crippen LogP contribution in [0.15, 0.2) is 30.3 Å². The van der Waals surface area contributed by atoms with Crippen LogP contribution in [0.25, 0.3) is 10.8 Å². The molecule has 0 aliphatic carbocycles. The highest BCUT2D eigenvalue weighted by molar-refractivity contribution is 7.91. The van der Waals surface area contributed by atoms with Gasteiger partial charge in [-0.25, -0.2) is 8.70 Å². The molecule has 1 aliphatic rings. The molecule has 0 spiro atoms. The van der Waals surface area contributed by atoms with Gasteiger partial charge < -0.3 is 9.90 Å². The fraction of sp³-hybridized carbons (Fsp3) is 0.154. The lowest BCUT2D eigenvalue weighted by atomic mass is 10.1. The highest BCUT2D eigenvalue weighted by Crippen LogP contribution is 2.38. The summed E-state index contributed by atoms with van der Waals surface area (Å²) in [5.74, 6) is -1.34. The van der Waals surface area contributed by atoms with Crippen molar-refractivity contribution in [1.29, 1.82) is 0 Å². The molecule has 1 unspecified atom stereocenters. The highest BCUT2D eigenvalue weighted by Gasteiger charge is 2.38. The molecular weight excluding hydrogens is 299 g/mol. The molecule has 1 heterocycles. The largest absolute Gasteiger partial charge is 0.506 e. The molecule has 1 saturated heterocycles. The number of fused-ring (bicyclic) bond motifs is 1. The zero-order valence-corrected chi connectivity index (χ0v) is 11.5. The van der Waals surface area contributed by atoms with Gasteiger partial charge in [0.25, 0.3) is 0 Å². The summed E-state index contributed by atoms with van der Waals surface area (Å²) in [7, 11) is -4.06. The Labute approximate surface area is 120 Å². The van der Waals surface area contributed by atoms with E-state index in [0.717, 1.165) is 0 Å². The van der Waals surface area contributed by atoms with Crippen LogP contribution < -0.4 is 9.03 Å². The van der Waals surface area contributed by atoms with Crippen LogP contribution in [0.5, 0.6) is 5.75 Å². The average Bonchev–Trinajstić information content (AvgIpc) is 2.74. The number of anilines is 1. The van der Waals surface area contributed by atoms with E-state index in [1.54, 1.807) is 18.2 Å². The van der Waals surface area contributed by atoms with Crippen molar-refractivity contribution in [2.45, 2.75) is 6.04 Å². The third-order valence-electron chi connectivity index (χ3n) is 3.31. The van der Waals surface area contributed by atoms with Crippen LogP contribution in [0.3, 0.4) is 0 Å². The molecule has 0 radical (unpaired) electrons. The normalized spacial score (nSPS) is 20.8. The monoisotopic (exact) mass is 310 g/mol. The summed E-state index contributed by atoms with van der Waals surface area (Å²) >= 11 is 0. The SMILES string of the molecule is O=CC1CN(c2c(O)cc3ccccc3c2F)S(=O)(=O)N1. The van der Waals surface area contributed by atoms with Crippen molar-refractivity contribution >= 4 is 33.0 Å². The number of benzene rings is 2. The lowest BCUT2D eigenvalue weighted by Crippen LogP contribution is -2.31. The van der Waals surface area contributed by atoms with E-state index in [1.807, 2.05) is 0 Å². The van der Waals surface area contributed by atoms with Gasteiger partial charge in [-0.05, 0) is 11.5 Å². The van der Waals surface area contributed by atoms with Crippen molar-refractivity contribution < 1.29 is 22.7 Å². The fourth-order valence-corrected chi connectivity index (χ4v) is 3.78. The number of halogens is 1. The van der Waals surface area contributed by atoms with E-state index in [9.17, 15) is 22.7 Å². The summed E-state index contributed by atoms with van der Waals surface area (Å²) in [5.41, 5.74) is -0.453. The van der Waals surface area contributed by atoms with Gasteiger partial charge in [0.05, 0.1) is 12.6 Å². The van der Waals surface area contributed by atoms with E-state index >= 15 is 0 Å². The van der Waals surface area contributed by atoms with Gasteiger partial charge in [-0.3, -0.25) is 0 Å². The molecule has 0 saturated carbocycles. The Hall–Kier alpha value is -2.19. The molecule has 110 valence electrons. The second-order valence-electron chi connectivity index (χ2n) is 4.68. The molecule has 3 rings (SSSR count). The number of phenolic OH excluding ortho intramolecular Hbond substituents is 1. The van der Waals surface area contributed by atoms with Gasteiger partial charge >= 0.3 is 10.2 Å². The summed E-state index contributed by atoms with van der Waals surface area (Å²) in [6, 6.07) is 6.69. The molecular formula is C13H11FN2O4S. The first kappa shape index (κ1) is 13.8. The molecule has 1 aliphatic heterocycles. The minimum Gasteiger partial charge on any atom is -0.506 e. The lowest BCUT2D eigenvalue weighted by molar-refractivity contribution is -0.108. The first-order valence-electron chi connectivity index (χ1n) is 6.09. The molecule has 0 bridgehead atoms. The number of carbonyl (C=O) groups is 1. The number of phenols is 1. The minimum absolute atomic E-state index is 0.190. The maximum atomic E-state index is 14.6. The van der Waals surface area contributed by atoms with Crippen molar-refractivity contribution in [1.82, 2.24) is 4.72 Å². The van der Waals surface area contributed by atoms with E-state index in [1.165, 1.54) is 12.1 Å². The van der Waals surface area contributed by atoms with E-state index in [0.29, 0.717) is 16.0 Å². The number of rotatable bonds is 2. The van der Waals surface area contributed by atoms with Gasteiger partial charge in [-0.1, -0.05) is 24.3 Å². The van der Waals surface area contributed by atoms with Crippen LogP contribution >= 0.6 is 0 Å². The summed E-state index contributed by atoms with van der Waals surface area (Å²) < 4.78 is 41.2. The molecule has 1 fully saturated rings. The van der Waals surface area contributed by atoms with Crippen LogP contribution in [0, 0.1) is 5.82 Å². The van der Waals surface area contributed by atoms with E-state index < -0.39 is 33.5 Å².